The molecule has 2 aromatic carbocycles. The number of benzene rings is 2. The minimum atomic E-state index is -0.267. The van der Waals surface area contributed by atoms with Crippen LogP contribution in [0.5, 0.6) is 5.75 Å². The Hall–Kier alpha value is -3.12. The van der Waals surface area contributed by atoms with Crippen molar-refractivity contribution in [2.75, 3.05) is 13.2 Å². The first-order valence-corrected chi connectivity index (χ1v) is 9.98. The molecule has 6 heteroatoms. The average molecular weight is 389 g/mol. The summed E-state index contributed by atoms with van der Waals surface area (Å²) in [4.78, 5) is 13.0. The molecular formula is C23H23N3O3. The molecule has 5 rings (SSSR count). The molecule has 29 heavy (non-hydrogen) atoms. The Labute approximate surface area is 169 Å². The van der Waals surface area contributed by atoms with E-state index in [0.29, 0.717) is 26.2 Å². The molecule has 1 amide bonds. The fourth-order valence-corrected chi connectivity index (χ4v) is 4.13. The van der Waals surface area contributed by atoms with Gasteiger partial charge in [0, 0.05) is 23.9 Å². The van der Waals surface area contributed by atoms with Gasteiger partial charge in [-0.25, -0.2) is 0 Å². The number of nitrogens with one attached hydrogen (secondary N) is 1. The number of hydrogen-bond acceptors (Lipinski definition) is 4. The molecule has 2 aliphatic rings. The first-order valence-electron chi connectivity index (χ1n) is 9.98. The summed E-state index contributed by atoms with van der Waals surface area (Å²) in [5.74, 6) is 0.630. The minimum Gasteiger partial charge on any atom is -0.491 e. The van der Waals surface area contributed by atoms with Crippen LogP contribution in [0, 0.1) is 5.92 Å². The predicted molar refractivity (Wildman–Crippen MR) is 107 cm³/mol. The van der Waals surface area contributed by atoms with E-state index in [4.69, 9.17) is 9.47 Å². The van der Waals surface area contributed by atoms with Gasteiger partial charge in [-0.15, -0.1) is 0 Å². The summed E-state index contributed by atoms with van der Waals surface area (Å²) in [5.41, 5.74) is 3.16. The third-order valence-corrected chi connectivity index (χ3v) is 5.61. The van der Waals surface area contributed by atoms with Crippen LogP contribution < -0.4 is 10.1 Å². The molecular weight excluding hydrogens is 366 g/mol. The molecule has 148 valence electrons. The van der Waals surface area contributed by atoms with Gasteiger partial charge >= 0.3 is 0 Å². The smallest absolute Gasteiger partial charge is 0.226 e. The van der Waals surface area contributed by atoms with Crippen LogP contribution in [0.1, 0.15) is 35.3 Å². The lowest BCUT2D eigenvalue weighted by Gasteiger charge is -2.19. The van der Waals surface area contributed by atoms with Crippen LogP contribution in [0.15, 0.2) is 67.0 Å². The maximum Gasteiger partial charge on any atom is 0.226 e. The Morgan fingerprint density at radius 1 is 1.14 bits per heavy atom. The molecule has 1 N–H and O–H groups in total. The Kier molecular flexibility index (Phi) is 4.77. The first kappa shape index (κ1) is 17.9. The zero-order valence-electron chi connectivity index (χ0n) is 16.0. The first-order chi connectivity index (χ1) is 14.3. The van der Waals surface area contributed by atoms with Crippen LogP contribution in [0.3, 0.4) is 0 Å². The maximum atomic E-state index is 13.0. The molecule has 2 aliphatic heterocycles. The SMILES string of the molecule is O=C(N[C@H]1COc2ccccc21)[C@H]1CCO[C@@H]1c1cnn(Cc2ccccc2)c1. The number of fused-ring (bicyclic) bond motifs is 1. The van der Waals surface area contributed by atoms with E-state index in [1.54, 1.807) is 0 Å². The van der Waals surface area contributed by atoms with Gasteiger partial charge in [0.25, 0.3) is 0 Å². The third kappa shape index (κ3) is 3.63. The van der Waals surface area contributed by atoms with Gasteiger partial charge in [0.2, 0.25) is 5.91 Å². The molecule has 0 unspecified atom stereocenters. The zero-order chi connectivity index (χ0) is 19.6. The van der Waals surface area contributed by atoms with E-state index in [0.717, 1.165) is 16.9 Å². The Morgan fingerprint density at radius 3 is 2.86 bits per heavy atom. The lowest BCUT2D eigenvalue weighted by Crippen LogP contribution is -2.35. The molecule has 1 saturated heterocycles. The second kappa shape index (κ2) is 7.72. The Balaban J connectivity index is 1.27. The number of rotatable bonds is 5. The van der Waals surface area contributed by atoms with Gasteiger partial charge in [-0.2, -0.15) is 5.10 Å². The van der Waals surface area contributed by atoms with Gasteiger partial charge in [-0.1, -0.05) is 48.5 Å². The highest BCUT2D eigenvalue weighted by Gasteiger charge is 2.38. The number of carbonyl (C=O) groups is 1. The van der Waals surface area contributed by atoms with Gasteiger partial charge in [-0.3, -0.25) is 9.48 Å². The summed E-state index contributed by atoms with van der Waals surface area (Å²) >= 11 is 0. The van der Waals surface area contributed by atoms with E-state index in [-0.39, 0.29) is 24.0 Å². The van der Waals surface area contributed by atoms with Crippen LogP contribution in [0.4, 0.5) is 0 Å². The fraction of sp³-hybridized carbons (Fsp3) is 0.304. The minimum absolute atomic E-state index is 0.00797. The standard InChI is InChI=1S/C23H23N3O3/c27-23(25-20-15-29-21-9-5-4-8-18(20)21)19-10-11-28-22(19)17-12-24-26(14-17)13-16-6-2-1-3-7-16/h1-9,12,14,19-20,22H,10-11,13,15H2,(H,25,27)/t19-,20-,22+/m0/s1. The van der Waals surface area contributed by atoms with Crippen LogP contribution in [-0.2, 0) is 16.1 Å². The van der Waals surface area contributed by atoms with Crippen molar-refractivity contribution in [3.05, 3.63) is 83.7 Å². The van der Waals surface area contributed by atoms with Crippen molar-refractivity contribution >= 4 is 5.91 Å². The van der Waals surface area contributed by atoms with E-state index in [9.17, 15) is 4.79 Å². The molecule has 3 atom stereocenters. The number of ether oxygens (including phenoxy) is 2. The molecule has 3 heterocycles. The van der Waals surface area contributed by atoms with Crippen molar-refractivity contribution in [1.82, 2.24) is 15.1 Å². The summed E-state index contributed by atoms with van der Waals surface area (Å²) in [5, 5.41) is 7.62. The molecule has 0 radical (unpaired) electrons. The summed E-state index contributed by atoms with van der Waals surface area (Å²) in [6.07, 6.45) is 4.23. The molecule has 3 aromatic rings. The number of aromatic nitrogens is 2. The highest BCUT2D eigenvalue weighted by Crippen LogP contribution is 2.36. The van der Waals surface area contributed by atoms with Gasteiger partial charge in [-0.05, 0) is 18.1 Å². The number of nitrogens with zero attached hydrogens (tertiary/aromatic N) is 2. The van der Waals surface area contributed by atoms with Gasteiger partial charge in [0.15, 0.2) is 0 Å². The zero-order valence-corrected chi connectivity index (χ0v) is 16.0. The fourth-order valence-electron chi connectivity index (χ4n) is 4.13. The number of carbonyl (C=O) groups excluding carboxylic acids is 1. The quantitative estimate of drug-likeness (QED) is 0.727. The Bertz CT molecular complexity index is 1000. The van der Waals surface area contributed by atoms with E-state index in [1.165, 1.54) is 5.56 Å². The molecule has 0 bridgehead atoms. The summed E-state index contributed by atoms with van der Waals surface area (Å²) in [6.45, 7) is 1.74. The van der Waals surface area contributed by atoms with Crippen LogP contribution >= 0.6 is 0 Å². The van der Waals surface area contributed by atoms with Crippen LogP contribution in [0.25, 0.3) is 0 Å². The summed E-state index contributed by atoms with van der Waals surface area (Å²) in [7, 11) is 0. The molecule has 6 nitrogen and oxygen atoms in total. The van der Waals surface area contributed by atoms with Crippen LogP contribution in [-0.4, -0.2) is 28.9 Å². The molecule has 0 spiro atoms. The number of para-hydroxylation sites is 1. The van der Waals surface area contributed by atoms with Crippen molar-refractivity contribution in [2.45, 2.75) is 25.1 Å². The lowest BCUT2D eigenvalue weighted by molar-refractivity contribution is -0.127. The Morgan fingerprint density at radius 2 is 1.97 bits per heavy atom. The van der Waals surface area contributed by atoms with E-state index in [1.807, 2.05) is 59.5 Å². The largest absolute Gasteiger partial charge is 0.491 e. The second-order valence-electron chi connectivity index (χ2n) is 7.55. The lowest BCUT2D eigenvalue weighted by atomic mass is 9.95. The van der Waals surface area contributed by atoms with E-state index < -0.39 is 0 Å². The highest BCUT2D eigenvalue weighted by molar-refractivity contribution is 5.80. The van der Waals surface area contributed by atoms with Crippen molar-refractivity contribution in [3.63, 3.8) is 0 Å². The van der Waals surface area contributed by atoms with Gasteiger partial charge < -0.3 is 14.8 Å². The van der Waals surface area contributed by atoms with Crippen molar-refractivity contribution in [2.24, 2.45) is 5.92 Å². The molecule has 0 saturated carbocycles. The normalized spacial score (nSPS) is 22.8. The van der Waals surface area contributed by atoms with Gasteiger partial charge in [0.1, 0.15) is 12.4 Å². The molecule has 1 aromatic heterocycles. The topological polar surface area (TPSA) is 65.4 Å². The van der Waals surface area contributed by atoms with Crippen LogP contribution in [0.2, 0.25) is 0 Å². The summed E-state index contributed by atoms with van der Waals surface area (Å²) < 4.78 is 13.5. The van der Waals surface area contributed by atoms with Crippen molar-refractivity contribution < 1.29 is 14.3 Å². The maximum absolute atomic E-state index is 13.0. The van der Waals surface area contributed by atoms with Gasteiger partial charge in [0.05, 0.1) is 30.8 Å². The predicted octanol–water partition coefficient (Wildman–Crippen LogP) is 3.26. The monoisotopic (exact) mass is 389 g/mol. The average Bonchev–Trinajstić information content (AvgIpc) is 3.48. The number of amides is 1. The molecule has 1 fully saturated rings. The molecule has 0 aliphatic carbocycles. The second-order valence-corrected chi connectivity index (χ2v) is 7.55. The highest BCUT2D eigenvalue weighted by atomic mass is 16.5. The third-order valence-electron chi connectivity index (χ3n) is 5.61. The summed E-state index contributed by atoms with van der Waals surface area (Å²) in [6, 6.07) is 17.9. The number of hydrogen-bond donors (Lipinski definition) is 1. The van der Waals surface area contributed by atoms with E-state index >= 15 is 0 Å². The van der Waals surface area contributed by atoms with Crippen molar-refractivity contribution in [3.8, 4) is 5.75 Å². The van der Waals surface area contributed by atoms with E-state index in [2.05, 4.69) is 22.5 Å². The van der Waals surface area contributed by atoms with Crippen molar-refractivity contribution in [1.29, 1.82) is 0 Å².